The maximum absolute atomic E-state index is 12.9. The summed E-state index contributed by atoms with van der Waals surface area (Å²) in [7, 11) is 0. The molecule has 0 aliphatic rings. The largest absolute Gasteiger partial charge is 0.397 e. The van der Waals surface area contributed by atoms with Crippen LogP contribution in [0, 0.1) is 17.5 Å². The SMILES string of the molecule is Nc1ccc(C(=O)Nc2cc(F)c(F)c(F)c2)nc1. The zero-order valence-corrected chi connectivity index (χ0v) is 9.45. The Bertz CT molecular complexity index is 606. The Hall–Kier alpha value is -2.57. The molecule has 1 aromatic carbocycles. The van der Waals surface area contributed by atoms with Crippen molar-refractivity contribution < 1.29 is 18.0 Å². The number of anilines is 2. The molecule has 0 atom stereocenters. The first-order valence-electron chi connectivity index (χ1n) is 5.15. The number of benzene rings is 1. The molecule has 2 rings (SSSR count). The first-order chi connectivity index (χ1) is 8.97. The number of amides is 1. The molecule has 1 aromatic heterocycles. The van der Waals surface area contributed by atoms with Gasteiger partial charge < -0.3 is 11.1 Å². The fraction of sp³-hybridized carbons (Fsp3) is 0. The van der Waals surface area contributed by atoms with Gasteiger partial charge in [-0.3, -0.25) is 4.79 Å². The molecule has 0 spiro atoms. The summed E-state index contributed by atoms with van der Waals surface area (Å²) in [5.41, 5.74) is 5.58. The van der Waals surface area contributed by atoms with Crippen LogP contribution < -0.4 is 11.1 Å². The van der Waals surface area contributed by atoms with Gasteiger partial charge in [0, 0.05) is 17.8 Å². The molecule has 4 nitrogen and oxygen atoms in total. The number of hydrogen-bond donors (Lipinski definition) is 2. The first-order valence-corrected chi connectivity index (χ1v) is 5.15. The molecule has 0 fully saturated rings. The molecular weight excluding hydrogens is 259 g/mol. The van der Waals surface area contributed by atoms with E-state index in [0.29, 0.717) is 17.8 Å². The van der Waals surface area contributed by atoms with Crippen molar-refractivity contribution in [1.82, 2.24) is 4.98 Å². The van der Waals surface area contributed by atoms with Crippen LogP contribution in [-0.2, 0) is 0 Å². The van der Waals surface area contributed by atoms with Crippen LogP contribution in [0.4, 0.5) is 24.5 Å². The zero-order valence-electron chi connectivity index (χ0n) is 9.45. The predicted octanol–water partition coefficient (Wildman–Crippen LogP) is 2.33. The summed E-state index contributed by atoms with van der Waals surface area (Å²) < 4.78 is 38.6. The lowest BCUT2D eigenvalue weighted by Crippen LogP contribution is -2.14. The van der Waals surface area contributed by atoms with Crippen molar-refractivity contribution in [1.29, 1.82) is 0 Å². The lowest BCUT2D eigenvalue weighted by Gasteiger charge is -2.06. The number of pyridine rings is 1. The molecule has 3 N–H and O–H groups in total. The van der Waals surface area contributed by atoms with Gasteiger partial charge in [0.15, 0.2) is 17.5 Å². The van der Waals surface area contributed by atoms with Crippen molar-refractivity contribution in [2.45, 2.75) is 0 Å². The predicted molar refractivity (Wildman–Crippen MR) is 62.9 cm³/mol. The Kier molecular flexibility index (Phi) is 3.37. The molecule has 19 heavy (non-hydrogen) atoms. The minimum Gasteiger partial charge on any atom is -0.397 e. The third kappa shape index (κ3) is 2.82. The van der Waals surface area contributed by atoms with E-state index >= 15 is 0 Å². The van der Waals surface area contributed by atoms with Gasteiger partial charge in [0.05, 0.1) is 11.9 Å². The van der Waals surface area contributed by atoms with Crippen LogP contribution >= 0.6 is 0 Å². The van der Waals surface area contributed by atoms with E-state index in [4.69, 9.17) is 5.73 Å². The van der Waals surface area contributed by atoms with E-state index < -0.39 is 23.4 Å². The number of carbonyl (C=O) groups excluding carboxylic acids is 1. The molecule has 0 aliphatic carbocycles. The highest BCUT2D eigenvalue weighted by Gasteiger charge is 2.13. The highest BCUT2D eigenvalue weighted by Crippen LogP contribution is 2.17. The second-order valence-electron chi connectivity index (χ2n) is 3.68. The van der Waals surface area contributed by atoms with E-state index in [1.165, 1.54) is 18.3 Å². The van der Waals surface area contributed by atoms with Gasteiger partial charge in [-0.15, -0.1) is 0 Å². The molecule has 0 saturated carbocycles. The lowest BCUT2D eigenvalue weighted by molar-refractivity contribution is 0.102. The second kappa shape index (κ2) is 4.97. The summed E-state index contributed by atoms with van der Waals surface area (Å²) >= 11 is 0. The van der Waals surface area contributed by atoms with Gasteiger partial charge in [-0.2, -0.15) is 0 Å². The summed E-state index contributed by atoms with van der Waals surface area (Å²) in [6.45, 7) is 0. The Morgan fingerprint density at radius 3 is 2.32 bits per heavy atom. The summed E-state index contributed by atoms with van der Waals surface area (Å²) in [6, 6.07) is 4.15. The van der Waals surface area contributed by atoms with E-state index in [-0.39, 0.29) is 11.4 Å². The van der Waals surface area contributed by atoms with Crippen molar-refractivity contribution in [3.8, 4) is 0 Å². The van der Waals surface area contributed by atoms with Gasteiger partial charge in [0.1, 0.15) is 5.69 Å². The quantitative estimate of drug-likeness (QED) is 0.820. The number of rotatable bonds is 2. The minimum absolute atomic E-state index is 0.0133. The molecule has 1 amide bonds. The second-order valence-corrected chi connectivity index (χ2v) is 3.68. The summed E-state index contributed by atoms with van der Waals surface area (Å²) in [4.78, 5) is 15.4. The standard InChI is InChI=1S/C12H8F3N3O/c13-8-3-7(4-9(14)11(8)15)18-12(19)10-2-1-6(16)5-17-10/h1-5H,16H2,(H,18,19). The molecule has 0 unspecified atom stereocenters. The van der Waals surface area contributed by atoms with Crippen LogP contribution in [0.15, 0.2) is 30.5 Å². The Morgan fingerprint density at radius 1 is 1.16 bits per heavy atom. The summed E-state index contributed by atoms with van der Waals surface area (Å²) in [5, 5.41) is 2.20. The van der Waals surface area contributed by atoms with Crippen molar-refractivity contribution in [2.24, 2.45) is 0 Å². The van der Waals surface area contributed by atoms with Crippen LogP contribution in [0.1, 0.15) is 10.5 Å². The molecule has 0 aliphatic heterocycles. The van der Waals surface area contributed by atoms with Crippen molar-refractivity contribution in [3.05, 3.63) is 53.6 Å². The topological polar surface area (TPSA) is 68.0 Å². The number of nitrogens with zero attached hydrogens (tertiary/aromatic N) is 1. The van der Waals surface area contributed by atoms with Gasteiger partial charge in [-0.25, -0.2) is 18.2 Å². The number of nitrogens with one attached hydrogen (secondary N) is 1. The molecule has 1 heterocycles. The monoisotopic (exact) mass is 267 g/mol. The molecule has 0 radical (unpaired) electrons. The number of aromatic nitrogens is 1. The third-order valence-corrected chi connectivity index (χ3v) is 2.26. The van der Waals surface area contributed by atoms with Crippen molar-refractivity contribution in [2.75, 3.05) is 11.1 Å². The van der Waals surface area contributed by atoms with Crippen LogP contribution in [0.5, 0.6) is 0 Å². The van der Waals surface area contributed by atoms with Crippen LogP contribution in [0.3, 0.4) is 0 Å². The maximum Gasteiger partial charge on any atom is 0.274 e. The van der Waals surface area contributed by atoms with Crippen LogP contribution in [-0.4, -0.2) is 10.9 Å². The average molecular weight is 267 g/mol. The molecule has 2 aromatic rings. The number of nitrogens with two attached hydrogens (primary N) is 1. The normalized spacial score (nSPS) is 10.3. The highest BCUT2D eigenvalue weighted by molar-refractivity contribution is 6.02. The zero-order chi connectivity index (χ0) is 14.0. The number of carbonyl (C=O) groups is 1. The molecule has 0 bridgehead atoms. The number of hydrogen-bond acceptors (Lipinski definition) is 3. The van der Waals surface area contributed by atoms with E-state index in [1.54, 1.807) is 0 Å². The number of nitrogen functional groups attached to an aromatic ring is 1. The first kappa shape index (κ1) is 12.9. The fourth-order valence-electron chi connectivity index (χ4n) is 1.36. The van der Waals surface area contributed by atoms with Crippen LogP contribution in [0.25, 0.3) is 0 Å². The van der Waals surface area contributed by atoms with E-state index in [1.807, 2.05) is 0 Å². The number of halogens is 3. The third-order valence-electron chi connectivity index (χ3n) is 2.26. The van der Waals surface area contributed by atoms with Gasteiger partial charge in [-0.1, -0.05) is 0 Å². The summed E-state index contributed by atoms with van der Waals surface area (Å²) in [6.07, 6.45) is 1.26. The molecular formula is C12H8F3N3O. The maximum atomic E-state index is 12.9. The van der Waals surface area contributed by atoms with E-state index in [2.05, 4.69) is 10.3 Å². The Balaban J connectivity index is 2.22. The molecule has 7 heteroatoms. The molecule has 98 valence electrons. The van der Waals surface area contributed by atoms with Gasteiger partial charge in [0.25, 0.3) is 5.91 Å². The van der Waals surface area contributed by atoms with Gasteiger partial charge >= 0.3 is 0 Å². The molecule has 0 saturated heterocycles. The van der Waals surface area contributed by atoms with Gasteiger partial charge in [-0.05, 0) is 12.1 Å². The Labute approximate surface area is 106 Å². The van der Waals surface area contributed by atoms with Crippen LogP contribution in [0.2, 0.25) is 0 Å². The minimum atomic E-state index is -1.59. The van der Waals surface area contributed by atoms with E-state index in [9.17, 15) is 18.0 Å². The highest BCUT2D eigenvalue weighted by atomic mass is 19.2. The van der Waals surface area contributed by atoms with E-state index in [0.717, 1.165) is 0 Å². The fourth-order valence-corrected chi connectivity index (χ4v) is 1.36. The Morgan fingerprint density at radius 2 is 1.79 bits per heavy atom. The summed E-state index contributed by atoms with van der Waals surface area (Å²) in [5.74, 6) is -5.06. The lowest BCUT2D eigenvalue weighted by atomic mass is 10.2. The van der Waals surface area contributed by atoms with Crippen molar-refractivity contribution in [3.63, 3.8) is 0 Å². The average Bonchev–Trinajstić information content (AvgIpc) is 2.36. The van der Waals surface area contributed by atoms with Crippen molar-refractivity contribution >= 4 is 17.3 Å². The van der Waals surface area contributed by atoms with Gasteiger partial charge in [0.2, 0.25) is 0 Å². The smallest absolute Gasteiger partial charge is 0.274 e.